The molecule has 2 aliphatic rings. The molecule has 4 heterocycles. The molecule has 2 aliphatic heterocycles. The van der Waals surface area contributed by atoms with Crippen LogP contribution >= 0.6 is 0 Å². The quantitative estimate of drug-likeness (QED) is 0.564. The Kier molecular flexibility index (Phi) is 5.88. The number of rotatable bonds is 6. The predicted molar refractivity (Wildman–Crippen MR) is 122 cm³/mol. The first kappa shape index (κ1) is 22.2. The van der Waals surface area contributed by atoms with Crippen LogP contribution in [0.1, 0.15) is 33.2 Å². The van der Waals surface area contributed by atoms with Crippen LogP contribution in [-0.2, 0) is 11.3 Å². The van der Waals surface area contributed by atoms with Crippen molar-refractivity contribution in [1.29, 1.82) is 0 Å². The number of carbonyl (C=O) groups is 2. The highest BCUT2D eigenvalue weighted by atomic mass is 19.1. The van der Waals surface area contributed by atoms with Crippen molar-refractivity contribution < 1.29 is 23.8 Å². The lowest BCUT2D eigenvalue weighted by molar-refractivity contribution is 0.0515. The highest BCUT2D eigenvalue weighted by Crippen LogP contribution is 2.35. The van der Waals surface area contributed by atoms with Crippen LogP contribution in [0.3, 0.4) is 0 Å². The standard InChI is InChI=1S/C23H25FN6O4/c1-14(31)18(24)13-29-12-15-9-19(20(10-16(15)23(29)33)28-5-7-34-8-6-28)27-22(32)17-11-26-30-4-2-3-25-21(17)30/h2-4,9-11,14,18,31H,5-8,12-13H2,1H3,(H,27,32)/t14-,18+/m1/s1. The van der Waals surface area contributed by atoms with Crippen LogP contribution in [0.25, 0.3) is 5.65 Å². The number of fused-ring (bicyclic) bond motifs is 2. The van der Waals surface area contributed by atoms with E-state index in [9.17, 15) is 19.1 Å². The van der Waals surface area contributed by atoms with Gasteiger partial charge in [0.1, 0.15) is 11.7 Å². The van der Waals surface area contributed by atoms with E-state index in [0.29, 0.717) is 60.0 Å². The summed E-state index contributed by atoms with van der Waals surface area (Å²) in [5, 5.41) is 16.7. The Morgan fingerprint density at radius 3 is 2.88 bits per heavy atom. The molecule has 10 nitrogen and oxygen atoms in total. The van der Waals surface area contributed by atoms with Crippen LogP contribution in [0.4, 0.5) is 15.8 Å². The Bertz CT molecular complexity index is 1240. The maximum atomic E-state index is 14.1. The van der Waals surface area contributed by atoms with E-state index in [1.54, 1.807) is 30.6 Å². The molecule has 1 aromatic carbocycles. The van der Waals surface area contributed by atoms with Crippen molar-refractivity contribution in [2.75, 3.05) is 43.1 Å². The van der Waals surface area contributed by atoms with E-state index in [2.05, 4.69) is 20.3 Å². The number of morpholine rings is 1. The number of nitrogens with one attached hydrogen (secondary N) is 1. The summed E-state index contributed by atoms with van der Waals surface area (Å²) in [4.78, 5) is 33.8. The lowest BCUT2D eigenvalue weighted by atomic mass is 10.1. The Morgan fingerprint density at radius 1 is 1.32 bits per heavy atom. The number of amides is 2. The molecule has 2 amide bonds. The average molecular weight is 468 g/mol. The van der Waals surface area contributed by atoms with Gasteiger partial charge in [0, 0.05) is 37.6 Å². The second-order valence-electron chi connectivity index (χ2n) is 8.47. The Labute approximate surface area is 194 Å². The number of carbonyl (C=O) groups excluding carboxylic acids is 2. The molecule has 1 saturated heterocycles. The summed E-state index contributed by atoms with van der Waals surface area (Å²) in [7, 11) is 0. The Balaban J connectivity index is 1.48. The minimum Gasteiger partial charge on any atom is -0.390 e. The van der Waals surface area contributed by atoms with Crippen molar-refractivity contribution in [2.24, 2.45) is 0 Å². The lowest BCUT2D eigenvalue weighted by Gasteiger charge is -2.31. The summed E-state index contributed by atoms with van der Waals surface area (Å²) >= 11 is 0. The number of aliphatic hydroxyl groups is 1. The smallest absolute Gasteiger partial charge is 0.261 e. The second kappa shape index (κ2) is 8.99. The molecule has 0 radical (unpaired) electrons. The molecule has 178 valence electrons. The van der Waals surface area contributed by atoms with E-state index in [-0.39, 0.29) is 24.9 Å². The third-order valence-corrected chi connectivity index (χ3v) is 6.14. The third-order valence-electron chi connectivity index (χ3n) is 6.14. The van der Waals surface area contributed by atoms with E-state index >= 15 is 0 Å². The summed E-state index contributed by atoms with van der Waals surface area (Å²) in [6.45, 7) is 3.62. The zero-order valence-electron chi connectivity index (χ0n) is 18.6. The minimum atomic E-state index is -1.54. The molecule has 2 aromatic heterocycles. The number of ether oxygens (including phenoxy) is 1. The van der Waals surface area contributed by atoms with Gasteiger partial charge in [0.15, 0.2) is 5.65 Å². The highest BCUT2D eigenvalue weighted by Gasteiger charge is 2.33. The van der Waals surface area contributed by atoms with Crippen molar-refractivity contribution >= 4 is 28.8 Å². The van der Waals surface area contributed by atoms with Gasteiger partial charge in [-0.3, -0.25) is 9.59 Å². The van der Waals surface area contributed by atoms with E-state index in [1.807, 2.05) is 0 Å². The first-order valence-corrected chi connectivity index (χ1v) is 11.1. The van der Waals surface area contributed by atoms with Gasteiger partial charge in [-0.1, -0.05) is 0 Å². The molecule has 0 saturated carbocycles. The van der Waals surface area contributed by atoms with Crippen LogP contribution in [-0.4, -0.2) is 81.5 Å². The van der Waals surface area contributed by atoms with Gasteiger partial charge in [-0.25, -0.2) is 13.9 Å². The molecule has 2 atom stereocenters. The van der Waals surface area contributed by atoms with Crippen LogP contribution < -0.4 is 10.2 Å². The third kappa shape index (κ3) is 4.08. The monoisotopic (exact) mass is 468 g/mol. The Morgan fingerprint density at radius 2 is 2.12 bits per heavy atom. The molecule has 0 bridgehead atoms. The summed E-state index contributed by atoms with van der Waals surface area (Å²) < 4.78 is 21.1. The first-order chi connectivity index (χ1) is 16.4. The van der Waals surface area contributed by atoms with Crippen LogP contribution in [0.15, 0.2) is 36.8 Å². The van der Waals surface area contributed by atoms with Crippen LogP contribution in [0.5, 0.6) is 0 Å². The van der Waals surface area contributed by atoms with E-state index < -0.39 is 12.3 Å². The SMILES string of the molecule is C[C@@H](O)[C@@H](F)CN1Cc2cc(NC(=O)c3cnn4cccnc34)c(N3CCOCC3)cc2C1=O. The Hall–Kier alpha value is -3.57. The van der Waals surface area contributed by atoms with Crippen LogP contribution in [0.2, 0.25) is 0 Å². The fourth-order valence-corrected chi connectivity index (χ4v) is 4.26. The van der Waals surface area contributed by atoms with E-state index in [1.165, 1.54) is 22.5 Å². The average Bonchev–Trinajstić information content (AvgIpc) is 3.40. The summed E-state index contributed by atoms with van der Waals surface area (Å²) in [5.41, 5.74) is 3.15. The fraction of sp³-hybridized carbons (Fsp3) is 0.391. The number of nitrogens with zero attached hydrogens (tertiary/aromatic N) is 5. The number of aromatic nitrogens is 3. The maximum Gasteiger partial charge on any atom is 0.261 e. The zero-order valence-corrected chi connectivity index (χ0v) is 18.6. The van der Waals surface area contributed by atoms with Gasteiger partial charge in [-0.15, -0.1) is 0 Å². The molecule has 0 aliphatic carbocycles. The van der Waals surface area contributed by atoms with Gasteiger partial charge in [0.2, 0.25) is 0 Å². The predicted octanol–water partition coefficient (Wildman–Crippen LogP) is 1.49. The van der Waals surface area contributed by atoms with Crippen molar-refractivity contribution in [3.63, 3.8) is 0 Å². The molecule has 2 N–H and O–H groups in total. The summed E-state index contributed by atoms with van der Waals surface area (Å²) in [5.74, 6) is -0.667. The van der Waals surface area contributed by atoms with Crippen LogP contribution in [0, 0.1) is 0 Å². The van der Waals surface area contributed by atoms with Gasteiger partial charge >= 0.3 is 0 Å². The number of anilines is 2. The van der Waals surface area contributed by atoms with Gasteiger partial charge in [0.05, 0.1) is 43.4 Å². The number of halogens is 1. The molecule has 0 unspecified atom stereocenters. The molecule has 5 rings (SSSR count). The molecule has 34 heavy (non-hydrogen) atoms. The first-order valence-electron chi connectivity index (χ1n) is 11.1. The molecule has 3 aromatic rings. The van der Waals surface area contributed by atoms with E-state index in [4.69, 9.17) is 4.74 Å². The fourth-order valence-electron chi connectivity index (χ4n) is 4.26. The van der Waals surface area contributed by atoms with Gasteiger partial charge in [-0.05, 0) is 30.7 Å². The molecular weight excluding hydrogens is 443 g/mol. The number of benzene rings is 1. The lowest BCUT2D eigenvalue weighted by Crippen LogP contribution is -2.37. The highest BCUT2D eigenvalue weighted by molar-refractivity contribution is 6.10. The maximum absolute atomic E-state index is 14.1. The van der Waals surface area contributed by atoms with Crippen molar-refractivity contribution in [1.82, 2.24) is 19.5 Å². The normalized spacial score (nSPS) is 17.7. The van der Waals surface area contributed by atoms with Gasteiger partial charge in [0.25, 0.3) is 11.8 Å². The molecule has 11 heteroatoms. The van der Waals surface area contributed by atoms with E-state index in [0.717, 1.165) is 0 Å². The van der Waals surface area contributed by atoms with Crippen molar-refractivity contribution in [2.45, 2.75) is 25.7 Å². The van der Waals surface area contributed by atoms with Crippen molar-refractivity contribution in [3.05, 3.63) is 53.5 Å². The van der Waals surface area contributed by atoms with Gasteiger partial charge < -0.3 is 25.0 Å². The van der Waals surface area contributed by atoms with Gasteiger partial charge in [-0.2, -0.15) is 5.10 Å². The molecule has 0 spiro atoms. The largest absolute Gasteiger partial charge is 0.390 e. The molecular formula is C23H25FN6O4. The number of alkyl halides is 1. The minimum absolute atomic E-state index is 0.200. The number of hydrogen-bond donors (Lipinski definition) is 2. The van der Waals surface area contributed by atoms with Crippen molar-refractivity contribution in [3.8, 4) is 0 Å². The number of hydrogen-bond acceptors (Lipinski definition) is 7. The summed E-state index contributed by atoms with van der Waals surface area (Å²) in [6, 6.07) is 5.24. The topological polar surface area (TPSA) is 112 Å². The molecule has 1 fully saturated rings. The number of aliphatic hydroxyl groups excluding tert-OH is 1. The second-order valence-corrected chi connectivity index (χ2v) is 8.47. The zero-order chi connectivity index (χ0) is 23.8. The summed E-state index contributed by atoms with van der Waals surface area (Å²) in [6.07, 6.45) is 2.05.